The molecule has 0 aliphatic carbocycles. The molecule has 0 unspecified atom stereocenters. The maximum atomic E-state index is 12.3. The molecule has 1 aromatic carbocycles. The molecule has 0 radical (unpaired) electrons. The third kappa shape index (κ3) is 4.04. The van der Waals surface area contributed by atoms with Crippen LogP contribution in [-0.2, 0) is 17.8 Å². The molecule has 1 aromatic heterocycles. The molecule has 0 amide bonds. The Labute approximate surface area is 158 Å². The van der Waals surface area contributed by atoms with Crippen LogP contribution in [0.1, 0.15) is 17.5 Å². The second-order valence-electron chi connectivity index (χ2n) is 7.05. The summed E-state index contributed by atoms with van der Waals surface area (Å²) in [5.41, 5.74) is 6.31. The monoisotopic (exact) mass is 371 g/mol. The number of nitrogens with two attached hydrogens (primary N) is 1. The van der Waals surface area contributed by atoms with E-state index in [4.69, 9.17) is 10.5 Å². The molecule has 1 aliphatic heterocycles. The highest BCUT2D eigenvalue weighted by atomic mass is 16.5. The molecule has 7 heteroatoms. The van der Waals surface area contributed by atoms with Crippen LogP contribution in [0.5, 0.6) is 5.75 Å². The minimum Gasteiger partial charge on any atom is -0.497 e. The first-order valence-corrected chi connectivity index (χ1v) is 8.91. The second kappa shape index (κ2) is 7.94. The topological polar surface area (TPSA) is 109 Å². The van der Waals surface area contributed by atoms with Crippen LogP contribution in [0.15, 0.2) is 42.6 Å². The van der Waals surface area contributed by atoms with Gasteiger partial charge in [0, 0.05) is 31.4 Å². The van der Waals surface area contributed by atoms with E-state index in [9.17, 15) is 15.0 Å². The lowest BCUT2D eigenvalue weighted by molar-refractivity contribution is -0.163. The number of aliphatic carboxylic acids is 1. The maximum Gasteiger partial charge on any atom is 0.313 e. The van der Waals surface area contributed by atoms with Crippen molar-refractivity contribution in [3.05, 3.63) is 53.7 Å². The van der Waals surface area contributed by atoms with Gasteiger partial charge >= 0.3 is 5.97 Å². The molecule has 2 atom stereocenters. The summed E-state index contributed by atoms with van der Waals surface area (Å²) in [4.78, 5) is 18.4. The summed E-state index contributed by atoms with van der Waals surface area (Å²) in [6, 6.07) is 11.0. The number of methoxy groups -OCH3 is 1. The highest BCUT2D eigenvalue weighted by molar-refractivity contribution is 5.76. The van der Waals surface area contributed by atoms with E-state index < -0.39 is 17.5 Å². The Bertz CT molecular complexity index is 813. The minimum absolute atomic E-state index is 0.222. The molecule has 3 rings (SSSR count). The van der Waals surface area contributed by atoms with Crippen LogP contribution >= 0.6 is 0 Å². The van der Waals surface area contributed by atoms with Gasteiger partial charge in [0.25, 0.3) is 0 Å². The zero-order valence-corrected chi connectivity index (χ0v) is 15.3. The molecule has 1 fully saturated rings. The first-order chi connectivity index (χ1) is 12.9. The van der Waals surface area contributed by atoms with Crippen molar-refractivity contribution in [2.75, 3.05) is 25.9 Å². The number of nitrogen functional groups attached to an aromatic ring is 1. The van der Waals surface area contributed by atoms with E-state index in [1.807, 2.05) is 41.3 Å². The van der Waals surface area contributed by atoms with Crippen molar-refractivity contribution in [3.63, 3.8) is 0 Å². The number of hydrogen-bond acceptors (Lipinski definition) is 6. The van der Waals surface area contributed by atoms with Crippen LogP contribution in [0, 0.1) is 5.41 Å². The number of aromatic nitrogens is 1. The van der Waals surface area contributed by atoms with E-state index in [-0.39, 0.29) is 13.0 Å². The molecule has 0 bridgehead atoms. The van der Waals surface area contributed by atoms with Crippen LogP contribution in [0.4, 0.5) is 5.82 Å². The Hall–Kier alpha value is -2.64. The zero-order valence-electron chi connectivity index (χ0n) is 15.3. The van der Waals surface area contributed by atoms with Gasteiger partial charge in [0.15, 0.2) is 0 Å². The molecule has 0 saturated carbocycles. The lowest BCUT2D eigenvalue weighted by Crippen LogP contribution is -2.56. The largest absolute Gasteiger partial charge is 0.497 e. The van der Waals surface area contributed by atoms with Gasteiger partial charge in [-0.2, -0.15) is 0 Å². The van der Waals surface area contributed by atoms with Crippen LogP contribution < -0.4 is 10.5 Å². The highest BCUT2D eigenvalue weighted by Crippen LogP contribution is 2.36. The molecule has 2 heterocycles. The number of carboxylic acid groups (broad SMARTS) is 1. The van der Waals surface area contributed by atoms with Gasteiger partial charge in [-0.05, 0) is 36.6 Å². The maximum absolute atomic E-state index is 12.3. The van der Waals surface area contributed by atoms with Gasteiger partial charge in [-0.25, -0.2) is 4.98 Å². The number of anilines is 1. The average molecular weight is 371 g/mol. The van der Waals surface area contributed by atoms with Gasteiger partial charge in [0.1, 0.15) is 17.0 Å². The molecule has 4 N–H and O–H groups in total. The standard InChI is InChI=1S/C20H25N3O4/c1-27-16-6-2-4-14(10-16)11-20(19(25)26)13-23(9-7-17(20)24)12-15-5-3-8-22-18(15)21/h2-6,8,10,17,24H,7,9,11-13H2,1H3,(H2,21,22)(H,25,26)/t17-,20-/m1/s1. The number of pyridine rings is 1. The number of carbonyl (C=O) groups is 1. The summed E-state index contributed by atoms with van der Waals surface area (Å²) >= 11 is 0. The van der Waals surface area contributed by atoms with Gasteiger partial charge < -0.3 is 20.7 Å². The van der Waals surface area contributed by atoms with Crippen LogP contribution in [-0.4, -0.2) is 52.4 Å². The fourth-order valence-corrected chi connectivity index (χ4v) is 3.73. The highest BCUT2D eigenvalue weighted by Gasteiger charge is 2.49. The van der Waals surface area contributed by atoms with Crippen molar-refractivity contribution < 1.29 is 19.7 Å². The van der Waals surface area contributed by atoms with E-state index in [2.05, 4.69) is 4.98 Å². The molecule has 0 spiro atoms. The number of carboxylic acids is 1. The lowest BCUT2D eigenvalue weighted by atomic mass is 9.72. The predicted molar refractivity (Wildman–Crippen MR) is 101 cm³/mol. The molecular formula is C20H25N3O4. The van der Waals surface area contributed by atoms with Crippen molar-refractivity contribution in [1.29, 1.82) is 0 Å². The Balaban J connectivity index is 1.85. The van der Waals surface area contributed by atoms with Crippen LogP contribution in [0.3, 0.4) is 0 Å². The number of aliphatic hydroxyl groups excluding tert-OH is 1. The lowest BCUT2D eigenvalue weighted by Gasteiger charge is -2.43. The molecule has 7 nitrogen and oxygen atoms in total. The molecule has 1 aliphatic rings. The number of likely N-dealkylation sites (tertiary alicyclic amines) is 1. The minimum atomic E-state index is -1.29. The summed E-state index contributed by atoms with van der Waals surface area (Å²) in [6.45, 7) is 1.33. The van der Waals surface area contributed by atoms with Crippen molar-refractivity contribution >= 4 is 11.8 Å². The van der Waals surface area contributed by atoms with E-state index in [1.165, 1.54) is 0 Å². The third-order valence-corrected chi connectivity index (χ3v) is 5.26. The van der Waals surface area contributed by atoms with Crippen molar-refractivity contribution in [3.8, 4) is 5.75 Å². The summed E-state index contributed by atoms with van der Waals surface area (Å²) in [7, 11) is 1.57. The Morgan fingerprint density at radius 3 is 2.93 bits per heavy atom. The predicted octanol–water partition coefficient (Wildman–Crippen LogP) is 1.55. The van der Waals surface area contributed by atoms with Gasteiger partial charge in [-0.1, -0.05) is 18.2 Å². The summed E-state index contributed by atoms with van der Waals surface area (Å²) in [5.74, 6) is 0.109. The molecule has 144 valence electrons. The van der Waals surface area contributed by atoms with Gasteiger partial charge in [0.05, 0.1) is 13.2 Å². The Morgan fingerprint density at radius 1 is 1.41 bits per heavy atom. The number of benzene rings is 1. The Morgan fingerprint density at radius 2 is 2.22 bits per heavy atom. The number of ether oxygens (including phenoxy) is 1. The average Bonchev–Trinajstić information content (AvgIpc) is 2.66. The van der Waals surface area contributed by atoms with E-state index >= 15 is 0 Å². The van der Waals surface area contributed by atoms with Gasteiger partial charge in [0.2, 0.25) is 0 Å². The quantitative estimate of drug-likeness (QED) is 0.707. The van der Waals surface area contributed by atoms with Crippen LogP contribution in [0.2, 0.25) is 0 Å². The second-order valence-corrected chi connectivity index (χ2v) is 7.05. The number of piperidine rings is 1. The molecule has 1 saturated heterocycles. The van der Waals surface area contributed by atoms with Gasteiger partial charge in [-0.3, -0.25) is 9.69 Å². The smallest absolute Gasteiger partial charge is 0.313 e. The third-order valence-electron chi connectivity index (χ3n) is 5.26. The SMILES string of the molecule is COc1cccc(C[C@@]2(C(=O)O)CN(Cc3cccnc3N)CC[C@H]2O)c1. The summed E-state index contributed by atoms with van der Waals surface area (Å²) in [6.07, 6.45) is 1.31. The van der Waals surface area contributed by atoms with E-state index in [1.54, 1.807) is 13.3 Å². The molecule has 2 aromatic rings. The van der Waals surface area contributed by atoms with Crippen molar-refractivity contribution in [1.82, 2.24) is 9.88 Å². The number of aliphatic hydroxyl groups is 1. The van der Waals surface area contributed by atoms with Gasteiger partial charge in [-0.15, -0.1) is 0 Å². The number of nitrogens with zero attached hydrogens (tertiary/aromatic N) is 2. The number of rotatable bonds is 6. The fourth-order valence-electron chi connectivity index (χ4n) is 3.73. The van der Waals surface area contributed by atoms with Crippen molar-refractivity contribution in [2.24, 2.45) is 5.41 Å². The molecular weight excluding hydrogens is 346 g/mol. The fraction of sp³-hybridized carbons (Fsp3) is 0.400. The van der Waals surface area contributed by atoms with Crippen molar-refractivity contribution in [2.45, 2.75) is 25.5 Å². The first-order valence-electron chi connectivity index (χ1n) is 8.91. The summed E-state index contributed by atoms with van der Waals surface area (Å²) in [5, 5.41) is 20.7. The normalized spacial score (nSPS) is 23.1. The van der Waals surface area contributed by atoms with Crippen LogP contribution in [0.25, 0.3) is 0 Å². The van der Waals surface area contributed by atoms with E-state index in [0.717, 1.165) is 11.1 Å². The number of hydrogen-bond donors (Lipinski definition) is 3. The Kier molecular flexibility index (Phi) is 5.62. The molecule has 27 heavy (non-hydrogen) atoms. The summed E-state index contributed by atoms with van der Waals surface area (Å²) < 4.78 is 5.24. The zero-order chi connectivity index (χ0) is 19.4. The van der Waals surface area contributed by atoms with E-state index in [0.29, 0.717) is 31.1 Å². The first kappa shape index (κ1) is 19.1.